The van der Waals surface area contributed by atoms with Crippen molar-refractivity contribution in [1.29, 1.82) is 0 Å². The SMILES string of the molecule is C[C@@H](NCc1cccc(O)c1O)C1CCCCC1. The molecule has 0 aliphatic heterocycles. The lowest BCUT2D eigenvalue weighted by atomic mass is 9.84. The highest BCUT2D eigenvalue weighted by molar-refractivity contribution is 5.44. The van der Waals surface area contributed by atoms with Crippen LogP contribution < -0.4 is 5.32 Å². The zero-order chi connectivity index (χ0) is 13.0. The normalized spacial score (nSPS) is 18.7. The Bertz CT molecular complexity index is 386. The van der Waals surface area contributed by atoms with Gasteiger partial charge in [-0.15, -0.1) is 0 Å². The first-order chi connectivity index (χ1) is 8.68. The van der Waals surface area contributed by atoms with Gasteiger partial charge in [0, 0.05) is 18.2 Å². The zero-order valence-corrected chi connectivity index (χ0v) is 11.0. The standard InChI is InChI=1S/C15H23NO2/c1-11(12-6-3-2-4-7-12)16-10-13-8-5-9-14(17)15(13)18/h5,8-9,11-12,16-18H,2-4,6-7,10H2,1H3/t11-/m1/s1. The molecule has 3 N–H and O–H groups in total. The monoisotopic (exact) mass is 249 g/mol. The van der Waals surface area contributed by atoms with Gasteiger partial charge < -0.3 is 15.5 Å². The molecule has 0 heterocycles. The average molecular weight is 249 g/mol. The molecule has 0 saturated heterocycles. The summed E-state index contributed by atoms with van der Waals surface area (Å²) in [5, 5.41) is 22.6. The largest absolute Gasteiger partial charge is 0.504 e. The van der Waals surface area contributed by atoms with Crippen LogP contribution in [0.25, 0.3) is 0 Å². The van der Waals surface area contributed by atoms with Crippen LogP contribution in [0, 0.1) is 5.92 Å². The van der Waals surface area contributed by atoms with Gasteiger partial charge in [0.05, 0.1) is 0 Å². The van der Waals surface area contributed by atoms with Crippen molar-refractivity contribution in [2.75, 3.05) is 0 Å². The number of aromatic hydroxyl groups is 2. The second kappa shape index (κ2) is 6.10. The lowest BCUT2D eigenvalue weighted by molar-refractivity contribution is 0.279. The van der Waals surface area contributed by atoms with E-state index in [1.165, 1.54) is 38.2 Å². The van der Waals surface area contributed by atoms with Crippen molar-refractivity contribution in [3.8, 4) is 11.5 Å². The number of benzene rings is 1. The maximum absolute atomic E-state index is 9.73. The van der Waals surface area contributed by atoms with Gasteiger partial charge in [0.2, 0.25) is 0 Å². The predicted octanol–water partition coefficient (Wildman–Crippen LogP) is 3.16. The third-order valence-electron chi connectivity index (χ3n) is 4.07. The van der Waals surface area contributed by atoms with E-state index >= 15 is 0 Å². The molecule has 0 amide bonds. The van der Waals surface area contributed by atoms with Crippen LogP contribution in [-0.2, 0) is 6.54 Å². The minimum Gasteiger partial charge on any atom is -0.504 e. The Morgan fingerprint density at radius 2 is 1.94 bits per heavy atom. The van der Waals surface area contributed by atoms with Crippen LogP contribution in [-0.4, -0.2) is 16.3 Å². The zero-order valence-electron chi connectivity index (χ0n) is 11.0. The lowest BCUT2D eigenvalue weighted by Crippen LogP contribution is -2.34. The quantitative estimate of drug-likeness (QED) is 0.718. The summed E-state index contributed by atoms with van der Waals surface area (Å²) in [6, 6.07) is 5.57. The van der Waals surface area contributed by atoms with Gasteiger partial charge in [0.25, 0.3) is 0 Å². The molecule has 0 spiro atoms. The fourth-order valence-corrected chi connectivity index (χ4v) is 2.79. The smallest absolute Gasteiger partial charge is 0.161 e. The average Bonchev–Trinajstić information content (AvgIpc) is 2.41. The van der Waals surface area contributed by atoms with E-state index in [-0.39, 0.29) is 11.5 Å². The first-order valence-corrected chi connectivity index (χ1v) is 6.91. The van der Waals surface area contributed by atoms with E-state index in [9.17, 15) is 10.2 Å². The van der Waals surface area contributed by atoms with Gasteiger partial charge in [0.15, 0.2) is 11.5 Å². The molecule has 0 radical (unpaired) electrons. The lowest BCUT2D eigenvalue weighted by Gasteiger charge is -2.28. The topological polar surface area (TPSA) is 52.5 Å². The molecule has 1 atom stereocenters. The highest BCUT2D eigenvalue weighted by Gasteiger charge is 2.19. The van der Waals surface area contributed by atoms with E-state index in [4.69, 9.17) is 0 Å². The molecule has 0 unspecified atom stereocenters. The van der Waals surface area contributed by atoms with E-state index in [2.05, 4.69) is 12.2 Å². The van der Waals surface area contributed by atoms with E-state index < -0.39 is 0 Å². The maximum atomic E-state index is 9.73. The Hall–Kier alpha value is -1.22. The van der Waals surface area contributed by atoms with Gasteiger partial charge in [-0.2, -0.15) is 0 Å². The third kappa shape index (κ3) is 3.16. The summed E-state index contributed by atoms with van der Waals surface area (Å²) >= 11 is 0. The van der Waals surface area contributed by atoms with Gasteiger partial charge >= 0.3 is 0 Å². The molecule has 1 saturated carbocycles. The Kier molecular flexibility index (Phi) is 4.48. The Balaban J connectivity index is 1.88. The van der Waals surface area contributed by atoms with Crippen molar-refractivity contribution in [3.05, 3.63) is 23.8 Å². The van der Waals surface area contributed by atoms with Gasteiger partial charge in [0.1, 0.15) is 0 Å². The first-order valence-electron chi connectivity index (χ1n) is 6.91. The number of rotatable bonds is 4. The summed E-state index contributed by atoms with van der Waals surface area (Å²) in [5.41, 5.74) is 0.762. The van der Waals surface area contributed by atoms with E-state index in [0.717, 1.165) is 11.5 Å². The predicted molar refractivity (Wildman–Crippen MR) is 72.6 cm³/mol. The molecule has 1 aromatic carbocycles. The molecule has 0 bridgehead atoms. The summed E-state index contributed by atoms with van der Waals surface area (Å²) in [5.74, 6) is 0.707. The van der Waals surface area contributed by atoms with Crippen LogP contribution in [0.1, 0.15) is 44.6 Å². The van der Waals surface area contributed by atoms with Crippen molar-refractivity contribution < 1.29 is 10.2 Å². The molecule has 1 aromatic rings. The Morgan fingerprint density at radius 3 is 2.67 bits per heavy atom. The van der Waals surface area contributed by atoms with Gasteiger partial charge in [-0.1, -0.05) is 31.4 Å². The van der Waals surface area contributed by atoms with Gasteiger partial charge in [-0.05, 0) is 31.7 Å². The van der Waals surface area contributed by atoms with Crippen molar-refractivity contribution >= 4 is 0 Å². The van der Waals surface area contributed by atoms with Crippen LogP contribution in [0.5, 0.6) is 11.5 Å². The van der Waals surface area contributed by atoms with Crippen LogP contribution in [0.3, 0.4) is 0 Å². The van der Waals surface area contributed by atoms with Crippen molar-refractivity contribution in [3.63, 3.8) is 0 Å². The Morgan fingerprint density at radius 1 is 1.22 bits per heavy atom. The first kappa shape index (κ1) is 13.2. The molecule has 1 fully saturated rings. The highest BCUT2D eigenvalue weighted by atomic mass is 16.3. The molecule has 2 rings (SSSR count). The molecule has 1 aliphatic carbocycles. The van der Waals surface area contributed by atoms with E-state index in [1.807, 2.05) is 6.07 Å². The van der Waals surface area contributed by atoms with Crippen LogP contribution in [0.4, 0.5) is 0 Å². The second-order valence-electron chi connectivity index (χ2n) is 5.35. The number of hydrogen-bond acceptors (Lipinski definition) is 3. The Labute approximate surface area is 109 Å². The van der Waals surface area contributed by atoms with E-state index in [0.29, 0.717) is 12.6 Å². The molecular formula is C15H23NO2. The molecule has 1 aliphatic rings. The third-order valence-corrected chi connectivity index (χ3v) is 4.07. The molecule has 18 heavy (non-hydrogen) atoms. The van der Waals surface area contributed by atoms with Crippen LogP contribution in [0.2, 0.25) is 0 Å². The van der Waals surface area contributed by atoms with Crippen LogP contribution >= 0.6 is 0 Å². The summed E-state index contributed by atoms with van der Waals surface area (Å²) < 4.78 is 0. The van der Waals surface area contributed by atoms with Gasteiger partial charge in [-0.3, -0.25) is 0 Å². The number of phenols is 2. The summed E-state index contributed by atoms with van der Waals surface area (Å²) in [6.07, 6.45) is 6.67. The summed E-state index contributed by atoms with van der Waals surface area (Å²) in [7, 11) is 0. The maximum Gasteiger partial charge on any atom is 0.161 e. The number of nitrogens with one attached hydrogen (secondary N) is 1. The molecule has 0 aromatic heterocycles. The van der Waals surface area contributed by atoms with Crippen molar-refractivity contribution in [1.82, 2.24) is 5.32 Å². The van der Waals surface area contributed by atoms with E-state index in [1.54, 1.807) is 6.07 Å². The number of hydrogen-bond donors (Lipinski definition) is 3. The minimum absolute atomic E-state index is 0.000782. The fourth-order valence-electron chi connectivity index (χ4n) is 2.79. The minimum atomic E-state index is -0.0420. The van der Waals surface area contributed by atoms with Gasteiger partial charge in [-0.25, -0.2) is 0 Å². The number of para-hydroxylation sites is 1. The highest BCUT2D eigenvalue weighted by Crippen LogP contribution is 2.29. The summed E-state index contributed by atoms with van der Waals surface area (Å²) in [4.78, 5) is 0. The van der Waals surface area contributed by atoms with Crippen molar-refractivity contribution in [2.45, 2.75) is 51.6 Å². The van der Waals surface area contributed by atoms with Crippen LogP contribution in [0.15, 0.2) is 18.2 Å². The molecule has 3 heteroatoms. The van der Waals surface area contributed by atoms with Crippen molar-refractivity contribution in [2.24, 2.45) is 5.92 Å². The fraction of sp³-hybridized carbons (Fsp3) is 0.600. The number of phenolic OH excluding ortho intramolecular Hbond substituents is 2. The molecule has 3 nitrogen and oxygen atoms in total. The molecular weight excluding hydrogens is 226 g/mol. The molecule has 100 valence electrons. The summed E-state index contributed by atoms with van der Waals surface area (Å²) in [6.45, 7) is 2.83. The second-order valence-corrected chi connectivity index (χ2v) is 5.35.